The molecule has 57 heavy (non-hydrogen) atoms. The van der Waals surface area contributed by atoms with Crippen molar-refractivity contribution in [3.63, 3.8) is 0 Å². The average molecular weight is 730 g/mol. The first-order valence-electron chi connectivity index (χ1n) is 19.3. The summed E-state index contributed by atoms with van der Waals surface area (Å²) in [5.41, 5.74) is 11.8. The summed E-state index contributed by atoms with van der Waals surface area (Å²) in [5, 5.41) is 10.7. The molecular formula is C53H35N3O. The summed E-state index contributed by atoms with van der Waals surface area (Å²) >= 11 is 0. The molecular weight excluding hydrogens is 695 g/mol. The highest BCUT2D eigenvalue weighted by atomic mass is 16.3. The van der Waals surface area contributed by atoms with Gasteiger partial charge in [0.2, 0.25) is 0 Å². The molecule has 268 valence electrons. The number of nitrogens with zero attached hydrogens (tertiary/aromatic N) is 2. The number of benzene rings is 9. The van der Waals surface area contributed by atoms with Crippen LogP contribution >= 0.6 is 0 Å². The van der Waals surface area contributed by atoms with Gasteiger partial charge in [-0.2, -0.15) is 0 Å². The maximum atomic E-state index is 6.44. The predicted octanol–water partition coefficient (Wildman–Crippen LogP) is 13.4. The molecule has 10 aromatic rings. The maximum Gasteiger partial charge on any atom is 0.159 e. The van der Waals surface area contributed by atoms with Gasteiger partial charge in [-0.15, -0.1) is 0 Å². The topological polar surface area (TPSA) is 49.9 Å². The minimum Gasteiger partial charge on any atom is -0.456 e. The van der Waals surface area contributed by atoms with Gasteiger partial charge in [0.15, 0.2) is 5.84 Å². The Hall–Kier alpha value is -7.56. The number of nitrogens with one attached hydrogen (secondary N) is 1. The van der Waals surface area contributed by atoms with Crippen LogP contribution in [0, 0.1) is 0 Å². The molecule has 1 unspecified atom stereocenters. The van der Waals surface area contributed by atoms with Gasteiger partial charge in [-0.25, -0.2) is 9.98 Å². The minimum atomic E-state index is -0.279. The summed E-state index contributed by atoms with van der Waals surface area (Å²) in [6.07, 6.45) is -0.279. The molecule has 1 aliphatic heterocycles. The van der Waals surface area contributed by atoms with Gasteiger partial charge >= 0.3 is 0 Å². The van der Waals surface area contributed by atoms with Gasteiger partial charge in [-0.05, 0) is 90.8 Å². The molecule has 4 heteroatoms. The molecule has 1 N–H and O–H groups in total. The molecule has 0 radical (unpaired) electrons. The summed E-state index contributed by atoms with van der Waals surface area (Å²) in [4.78, 5) is 10.3. The van der Waals surface area contributed by atoms with Crippen molar-refractivity contribution in [3.8, 4) is 33.4 Å². The predicted molar refractivity (Wildman–Crippen MR) is 237 cm³/mol. The molecule has 1 aromatic heterocycles. The number of fused-ring (bicyclic) bond motifs is 5. The Kier molecular flexibility index (Phi) is 7.85. The van der Waals surface area contributed by atoms with Gasteiger partial charge in [0.25, 0.3) is 0 Å². The first kappa shape index (κ1) is 32.8. The van der Waals surface area contributed by atoms with Gasteiger partial charge in [-0.3, -0.25) is 0 Å². The third kappa shape index (κ3) is 5.96. The number of aliphatic imine (C=N–C) groups is 2. The standard InChI is InChI=1S/C53H35N3O/c1-3-11-34(12-4-1)41-29-30-47-49(33-41)57-48-20-10-19-46(50(47)48)42-27-25-40-32-43(28-26-39(40)31-42)53-55-51(37-14-5-2-6-15-37)54-52(56-53)38-23-21-36(22-24-38)45-18-9-16-35-13-7-8-17-44(35)45/h1-33,51H,(H,54,55,56). The number of furan rings is 1. The van der Waals surface area contributed by atoms with Gasteiger partial charge in [0.05, 0.1) is 0 Å². The Morgan fingerprint density at radius 1 is 0.404 bits per heavy atom. The third-order valence-electron chi connectivity index (χ3n) is 11.1. The van der Waals surface area contributed by atoms with Crippen LogP contribution in [0.4, 0.5) is 0 Å². The van der Waals surface area contributed by atoms with Crippen molar-refractivity contribution in [3.05, 3.63) is 217 Å². The summed E-state index contributed by atoms with van der Waals surface area (Å²) in [5.74, 6) is 1.50. The van der Waals surface area contributed by atoms with Crippen LogP contribution in [0.15, 0.2) is 215 Å². The van der Waals surface area contributed by atoms with Crippen LogP contribution in [-0.2, 0) is 0 Å². The Labute approximate surface area is 330 Å². The monoisotopic (exact) mass is 729 g/mol. The van der Waals surface area contributed by atoms with Crippen molar-refractivity contribution in [1.29, 1.82) is 0 Å². The van der Waals surface area contributed by atoms with E-state index in [0.29, 0.717) is 5.84 Å². The normalized spacial score (nSPS) is 14.1. The van der Waals surface area contributed by atoms with Crippen LogP contribution in [0.2, 0.25) is 0 Å². The molecule has 9 aromatic carbocycles. The van der Waals surface area contributed by atoms with E-state index < -0.39 is 0 Å². The van der Waals surface area contributed by atoms with Crippen LogP contribution in [-0.4, -0.2) is 11.7 Å². The fraction of sp³-hybridized carbons (Fsp3) is 0.0189. The van der Waals surface area contributed by atoms with Crippen molar-refractivity contribution < 1.29 is 4.42 Å². The van der Waals surface area contributed by atoms with E-state index in [1.807, 2.05) is 12.1 Å². The molecule has 1 atom stereocenters. The molecule has 1 aliphatic rings. The lowest BCUT2D eigenvalue weighted by Crippen LogP contribution is -2.33. The smallest absolute Gasteiger partial charge is 0.159 e. The molecule has 0 amide bonds. The zero-order chi connectivity index (χ0) is 37.7. The van der Waals surface area contributed by atoms with E-state index in [-0.39, 0.29) is 6.17 Å². The maximum absolute atomic E-state index is 6.44. The van der Waals surface area contributed by atoms with E-state index in [0.717, 1.165) is 77.5 Å². The Morgan fingerprint density at radius 2 is 1.05 bits per heavy atom. The first-order valence-corrected chi connectivity index (χ1v) is 19.3. The fourth-order valence-corrected chi connectivity index (χ4v) is 8.24. The highest BCUT2D eigenvalue weighted by molar-refractivity contribution is 6.15. The summed E-state index contributed by atoms with van der Waals surface area (Å²) in [6.45, 7) is 0. The lowest BCUT2D eigenvalue weighted by molar-refractivity contribution is 0.669. The van der Waals surface area contributed by atoms with Crippen molar-refractivity contribution in [2.45, 2.75) is 6.17 Å². The van der Waals surface area contributed by atoms with Gasteiger partial charge in [0, 0.05) is 21.9 Å². The van der Waals surface area contributed by atoms with Crippen molar-refractivity contribution in [2.24, 2.45) is 9.98 Å². The molecule has 0 fully saturated rings. The van der Waals surface area contributed by atoms with E-state index >= 15 is 0 Å². The molecule has 2 heterocycles. The number of rotatable bonds is 6. The SMILES string of the molecule is c1ccc(-c2ccc3c(c2)oc2cccc(-c4ccc5cc(C6=NC(c7ccc(-c8cccc9ccccc89)cc7)=NC(c7ccccc7)N6)ccc5c4)c23)cc1. The first-order chi connectivity index (χ1) is 28.2. The second-order valence-electron chi connectivity index (χ2n) is 14.6. The fourth-order valence-electron chi connectivity index (χ4n) is 8.24. The Bertz CT molecular complexity index is 3190. The second-order valence-corrected chi connectivity index (χ2v) is 14.6. The molecule has 0 saturated heterocycles. The molecule has 0 bridgehead atoms. The third-order valence-corrected chi connectivity index (χ3v) is 11.1. The van der Waals surface area contributed by atoms with E-state index in [2.05, 4.69) is 193 Å². The van der Waals surface area contributed by atoms with Crippen LogP contribution in [0.25, 0.3) is 76.9 Å². The summed E-state index contributed by atoms with van der Waals surface area (Å²) < 4.78 is 6.44. The quantitative estimate of drug-likeness (QED) is 0.185. The van der Waals surface area contributed by atoms with Crippen molar-refractivity contribution in [1.82, 2.24) is 5.32 Å². The molecule has 0 spiro atoms. The highest BCUT2D eigenvalue weighted by Gasteiger charge is 2.22. The molecule has 0 saturated carbocycles. The van der Waals surface area contributed by atoms with E-state index in [4.69, 9.17) is 14.4 Å². The van der Waals surface area contributed by atoms with Crippen LogP contribution in [0.1, 0.15) is 22.9 Å². The Balaban J connectivity index is 0.943. The lowest BCUT2D eigenvalue weighted by Gasteiger charge is -2.24. The molecule has 4 nitrogen and oxygen atoms in total. The molecule has 11 rings (SSSR count). The van der Waals surface area contributed by atoms with Gasteiger partial charge < -0.3 is 9.73 Å². The van der Waals surface area contributed by atoms with E-state index in [9.17, 15) is 0 Å². The lowest BCUT2D eigenvalue weighted by atomic mass is 9.95. The number of hydrogen-bond donors (Lipinski definition) is 1. The van der Waals surface area contributed by atoms with E-state index in [1.165, 1.54) is 21.9 Å². The number of amidine groups is 2. The average Bonchev–Trinajstić information content (AvgIpc) is 3.67. The van der Waals surface area contributed by atoms with Gasteiger partial charge in [-0.1, -0.05) is 170 Å². The van der Waals surface area contributed by atoms with Crippen LogP contribution in [0.5, 0.6) is 0 Å². The summed E-state index contributed by atoms with van der Waals surface area (Å²) in [6, 6.07) is 70.6. The summed E-state index contributed by atoms with van der Waals surface area (Å²) in [7, 11) is 0. The van der Waals surface area contributed by atoms with Gasteiger partial charge in [0.1, 0.15) is 23.2 Å². The van der Waals surface area contributed by atoms with E-state index in [1.54, 1.807) is 0 Å². The second kappa shape index (κ2) is 13.6. The van der Waals surface area contributed by atoms with Crippen LogP contribution < -0.4 is 5.32 Å². The van der Waals surface area contributed by atoms with Crippen molar-refractivity contribution >= 4 is 55.2 Å². The Morgan fingerprint density at radius 3 is 1.89 bits per heavy atom. The van der Waals surface area contributed by atoms with Crippen LogP contribution in [0.3, 0.4) is 0 Å². The van der Waals surface area contributed by atoms with Crippen molar-refractivity contribution in [2.75, 3.05) is 0 Å². The zero-order valence-corrected chi connectivity index (χ0v) is 30.9. The zero-order valence-electron chi connectivity index (χ0n) is 30.9. The number of hydrogen-bond acceptors (Lipinski definition) is 4. The highest BCUT2D eigenvalue weighted by Crippen LogP contribution is 2.39. The molecule has 0 aliphatic carbocycles. The minimum absolute atomic E-state index is 0.279. The largest absolute Gasteiger partial charge is 0.456 e.